The number of benzene rings is 2. The SMILES string of the molecule is Cc1cccc(F)c1NC(=O)c1cc2c(s1)-c1ccccc1N(C(=O)c1cccc(N3C[C@@H](NCOC(C)(C)C)C[C@@H]3C)n1)CC2. The first-order valence-corrected chi connectivity index (χ1v) is 16.5. The maximum Gasteiger partial charge on any atom is 0.276 e. The second kappa shape index (κ2) is 12.9. The third-order valence-corrected chi connectivity index (χ3v) is 9.69. The van der Waals surface area contributed by atoms with Crippen molar-refractivity contribution in [3.8, 4) is 10.4 Å². The fraction of sp³-hybridized carbons (Fsp3) is 0.361. The number of halogens is 1. The number of anilines is 3. The van der Waals surface area contributed by atoms with Crippen molar-refractivity contribution >= 4 is 40.3 Å². The Balaban J connectivity index is 1.21. The van der Waals surface area contributed by atoms with Gasteiger partial charge in [0.1, 0.15) is 17.3 Å². The van der Waals surface area contributed by atoms with E-state index in [0.29, 0.717) is 35.8 Å². The molecule has 2 aromatic heterocycles. The van der Waals surface area contributed by atoms with Crippen molar-refractivity contribution in [1.82, 2.24) is 10.3 Å². The lowest BCUT2D eigenvalue weighted by molar-refractivity contribution is -0.0164. The number of hydrogen-bond donors (Lipinski definition) is 2. The summed E-state index contributed by atoms with van der Waals surface area (Å²) in [4.78, 5) is 37.6. The lowest BCUT2D eigenvalue weighted by Crippen LogP contribution is -2.37. The van der Waals surface area contributed by atoms with Crippen LogP contribution in [-0.2, 0) is 11.2 Å². The first-order chi connectivity index (χ1) is 22.0. The van der Waals surface area contributed by atoms with Gasteiger partial charge in [-0.15, -0.1) is 11.3 Å². The van der Waals surface area contributed by atoms with Crippen molar-refractivity contribution in [3.05, 3.63) is 94.2 Å². The van der Waals surface area contributed by atoms with Crippen molar-refractivity contribution in [3.63, 3.8) is 0 Å². The van der Waals surface area contributed by atoms with Gasteiger partial charge in [0.2, 0.25) is 0 Å². The van der Waals surface area contributed by atoms with Gasteiger partial charge >= 0.3 is 0 Å². The maximum absolute atomic E-state index is 14.4. The number of hydrogen-bond acceptors (Lipinski definition) is 7. The summed E-state index contributed by atoms with van der Waals surface area (Å²) in [6.07, 6.45) is 1.51. The number of carbonyl (C=O) groups is 2. The van der Waals surface area contributed by atoms with Crippen molar-refractivity contribution in [2.24, 2.45) is 0 Å². The second-order valence-corrected chi connectivity index (χ2v) is 14.0. The van der Waals surface area contributed by atoms with Crippen LogP contribution >= 0.6 is 11.3 Å². The van der Waals surface area contributed by atoms with Gasteiger partial charge in [0.05, 0.1) is 28.6 Å². The molecule has 1 saturated heterocycles. The number of amides is 2. The van der Waals surface area contributed by atoms with E-state index in [1.54, 1.807) is 30.0 Å². The van der Waals surface area contributed by atoms with E-state index in [9.17, 15) is 14.0 Å². The summed E-state index contributed by atoms with van der Waals surface area (Å²) in [5, 5.41) is 6.25. The number of nitrogens with zero attached hydrogens (tertiary/aromatic N) is 3. The van der Waals surface area contributed by atoms with Crippen molar-refractivity contribution in [2.75, 3.05) is 34.9 Å². The Kier molecular flexibility index (Phi) is 8.96. The maximum atomic E-state index is 14.4. The quantitative estimate of drug-likeness (QED) is 0.211. The zero-order chi connectivity index (χ0) is 32.6. The van der Waals surface area contributed by atoms with Crippen molar-refractivity contribution in [2.45, 2.75) is 65.1 Å². The number of para-hydroxylation sites is 2. The Morgan fingerprint density at radius 2 is 1.87 bits per heavy atom. The van der Waals surface area contributed by atoms with E-state index in [2.05, 4.69) is 22.5 Å². The Bertz CT molecular complexity index is 1750. The molecule has 4 heterocycles. The third-order valence-electron chi connectivity index (χ3n) is 8.48. The largest absolute Gasteiger partial charge is 0.361 e. The van der Waals surface area contributed by atoms with Gasteiger partial charge in [-0.2, -0.15) is 0 Å². The highest BCUT2D eigenvalue weighted by Gasteiger charge is 2.32. The lowest BCUT2D eigenvalue weighted by Gasteiger charge is -2.25. The van der Waals surface area contributed by atoms with Crippen molar-refractivity contribution < 1.29 is 18.7 Å². The van der Waals surface area contributed by atoms with Crippen LogP contribution in [0.5, 0.6) is 0 Å². The Morgan fingerprint density at radius 3 is 2.65 bits per heavy atom. The normalized spacial score (nSPS) is 17.8. The van der Waals surface area contributed by atoms with Crippen LogP contribution in [-0.4, -0.2) is 54.3 Å². The number of rotatable bonds is 7. The van der Waals surface area contributed by atoms with E-state index in [-0.39, 0.29) is 35.2 Å². The van der Waals surface area contributed by atoms with Gasteiger partial charge in [0.15, 0.2) is 0 Å². The topological polar surface area (TPSA) is 86.8 Å². The summed E-state index contributed by atoms with van der Waals surface area (Å²) in [6, 6.07) is 20.5. The van der Waals surface area contributed by atoms with Crippen LogP contribution in [0.1, 0.15) is 65.4 Å². The smallest absolute Gasteiger partial charge is 0.276 e. The van der Waals surface area contributed by atoms with Gasteiger partial charge < -0.3 is 19.9 Å². The minimum Gasteiger partial charge on any atom is -0.361 e. The molecule has 0 spiro atoms. The highest BCUT2D eigenvalue weighted by Crippen LogP contribution is 2.42. The summed E-state index contributed by atoms with van der Waals surface area (Å²) in [6.45, 7) is 11.8. The van der Waals surface area contributed by atoms with Crippen LogP contribution in [0.2, 0.25) is 0 Å². The second-order valence-electron chi connectivity index (χ2n) is 13.0. The first-order valence-electron chi connectivity index (χ1n) is 15.7. The number of thiophene rings is 1. The average molecular weight is 642 g/mol. The van der Waals surface area contributed by atoms with Crippen LogP contribution in [0.25, 0.3) is 10.4 Å². The summed E-state index contributed by atoms with van der Waals surface area (Å²) in [5.74, 6) is -0.210. The number of pyridine rings is 1. The van der Waals surface area contributed by atoms with Gasteiger partial charge in [0.25, 0.3) is 11.8 Å². The van der Waals surface area contributed by atoms with E-state index < -0.39 is 5.82 Å². The minimum atomic E-state index is -0.468. The number of fused-ring (bicyclic) bond motifs is 3. The zero-order valence-corrected chi connectivity index (χ0v) is 27.7. The molecular weight excluding hydrogens is 601 g/mol. The van der Waals surface area contributed by atoms with Crippen LogP contribution in [0.3, 0.4) is 0 Å². The van der Waals surface area contributed by atoms with E-state index in [1.165, 1.54) is 17.4 Å². The highest BCUT2D eigenvalue weighted by molar-refractivity contribution is 7.17. The van der Waals surface area contributed by atoms with Crippen LogP contribution in [0.4, 0.5) is 21.6 Å². The minimum absolute atomic E-state index is 0.169. The molecule has 0 saturated carbocycles. The van der Waals surface area contributed by atoms with Crippen molar-refractivity contribution in [1.29, 1.82) is 0 Å². The van der Waals surface area contributed by atoms with E-state index in [1.807, 2.05) is 63.2 Å². The Hall–Kier alpha value is -4.12. The molecule has 0 aliphatic carbocycles. The molecule has 0 radical (unpaired) electrons. The molecule has 6 rings (SSSR count). The molecule has 2 aliphatic heterocycles. The lowest BCUT2D eigenvalue weighted by atomic mass is 10.1. The molecule has 2 N–H and O–H groups in total. The molecule has 0 bridgehead atoms. The van der Waals surface area contributed by atoms with E-state index >= 15 is 0 Å². The monoisotopic (exact) mass is 641 g/mol. The average Bonchev–Trinajstić information content (AvgIpc) is 3.58. The molecule has 8 nitrogen and oxygen atoms in total. The van der Waals surface area contributed by atoms with Gasteiger partial charge in [-0.1, -0.05) is 36.4 Å². The number of carbonyl (C=O) groups excluding carboxylic acids is 2. The van der Waals surface area contributed by atoms with Gasteiger partial charge in [-0.25, -0.2) is 9.37 Å². The molecule has 2 atom stereocenters. The molecular formula is C36H40FN5O3S. The molecule has 0 unspecified atom stereocenters. The highest BCUT2D eigenvalue weighted by atomic mass is 32.1. The van der Waals surface area contributed by atoms with E-state index in [4.69, 9.17) is 9.72 Å². The summed E-state index contributed by atoms with van der Waals surface area (Å²) in [5.41, 5.74) is 3.66. The molecule has 2 aromatic carbocycles. The summed E-state index contributed by atoms with van der Waals surface area (Å²) >= 11 is 1.36. The Labute approximate surface area is 273 Å². The summed E-state index contributed by atoms with van der Waals surface area (Å²) < 4.78 is 20.3. The fourth-order valence-electron chi connectivity index (χ4n) is 6.10. The predicted octanol–water partition coefficient (Wildman–Crippen LogP) is 7.04. The van der Waals surface area contributed by atoms with Gasteiger partial charge in [0, 0.05) is 35.6 Å². The predicted molar refractivity (Wildman–Crippen MR) is 183 cm³/mol. The van der Waals surface area contributed by atoms with Gasteiger partial charge in [-0.3, -0.25) is 14.9 Å². The first kappa shape index (κ1) is 31.8. The number of nitrogens with one attached hydrogen (secondary N) is 2. The molecule has 4 aromatic rings. The van der Waals surface area contributed by atoms with Crippen LogP contribution in [0.15, 0.2) is 66.7 Å². The molecule has 46 heavy (non-hydrogen) atoms. The molecule has 2 aliphatic rings. The number of ether oxygens (including phenoxy) is 1. The number of aromatic nitrogens is 1. The third kappa shape index (κ3) is 6.70. The van der Waals surface area contributed by atoms with Crippen LogP contribution < -0.4 is 20.4 Å². The Morgan fingerprint density at radius 1 is 1.09 bits per heavy atom. The van der Waals surface area contributed by atoms with Gasteiger partial charge in [-0.05, 0) is 88.9 Å². The molecule has 10 heteroatoms. The van der Waals surface area contributed by atoms with Crippen LogP contribution in [0, 0.1) is 12.7 Å². The fourth-order valence-corrected chi connectivity index (χ4v) is 7.24. The molecule has 240 valence electrons. The molecule has 2 amide bonds. The standard InChI is InChI=1S/C36H40FN5O3S/c1-22-10-8-12-27(37)32(22)40-34(43)30-19-24-16-17-41(29-14-7-6-11-26(29)33(24)46-30)35(44)28-13-9-15-31(39-28)42-20-25(18-23(42)2)38-21-45-36(3,4)5/h6-15,19,23,25,38H,16-18,20-21H2,1-5H3,(H,40,43)/t23-,25-/m0/s1. The number of aryl methyl sites for hydroxylation is 1. The molecule has 1 fully saturated rings. The summed E-state index contributed by atoms with van der Waals surface area (Å²) in [7, 11) is 0. The zero-order valence-electron chi connectivity index (χ0n) is 26.9. The van der Waals surface area contributed by atoms with E-state index in [0.717, 1.165) is 40.5 Å².